The van der Waals surface area contributed by atoms with Gasteiger partial charge in [-0.1, -0.05) is 0 Å². The van der Waals surface area contributed by atoms with E-state index in [1.54, 1.807) is 0 Å². The molecule has 6 amide bonds. The molecule has 0 aromatic heterocycles. The SMILES string of the molecule is CC(=O)N[C@@H]1[C@@H](O)[C@H](O[C@@H]2O[C@H](CO)[C@@H](O[C@@H]3O[C@H](CO[C@H]4O[C@H](CO[C@@H]5O[C@H](CO)[C@@H](O)[C@H](O)[C@H]5NC(C)=O)[C@@H](O)[C@H](O)[C@@H]4O[C@@H]4O[C@H](CO)[C@@H](O)[C@H](O)[C@H]4NC(C)=O)[C@@H](O)[C@H](O[C@H]4O[C@H](CO)[C@@H](O[C@@H]5O[C@H](CO)[C@@H](O[C@@H]6O[C@H](CO)[C@H](O)[C@H](O)[C@H]6O[C@@H]6O[C@@H](C)[C@@H](O)[C@@H](O)[C@@H]6O)[C@H](O)[C@H]5NC(C)=O)[C@H](O)[C@@H]4O[C@@H]4O[C@H](CO)[C@@H](O[C@@H]5O[C@H](CO)[C@H](O)[C@H](O)[C@H]5O)[C@H](O)[C@H]4NC(C)=O)[C@@H]3O)[C@H](O)[C@H]2NC(C)=O)[C@@H](CO)O[C@H]1O. The highest BCUT2D eigenvalue weighted by atomic mass is 16.8. The fourth-order valence-electron chi connectivity index (χ4n) is 19.5. The van der Waals surface area contributed by atoms with Gasteiger partial charge in [-0.2, -0.15) is 0 Å². The molecule has 66 heteroatoms. The fourth-order valence-corrected chi connectivity index (χ4v) is 19.5. The molecule has 0 saturated carbocycles. The molecule has 66 nitrogen and oxygen atoms in total. The summed E-state index contributed by atoms with van der Waals surface area (Å²) in [5.41, 5.74) is 0. The molecule has 12 aliphatic heterocycles. The zero-order chi connectivity index (χ0) is 110. The Bertz CT molecular complexity index is 4250. The molecule has 0 aliphatic carbocycles. The number of aliphatic hydroxyl groups excluding tert-OH is 31. The third kappa shape index (κ3) is 27.5. The van der Waals surface area contributed by atoms with E-state index in [2.05, 4.69) is 31.9 Å². The van der Waals surface area contributed by atoms with E-state index in [1.807, 2.05) is 0 Å². The lowest BCUT2D eigenvalue weighted by Gasteiger charge is -2.52. The zero-order valence-electron chi connectivity index (χ0n) is 81.1. The predicted molar refractivity (Wildman–Crippen MR) is 463 cm³/mol. The maximum absolute atomic E-state index is 13.6. The molecular formula is C84H140N6O60. The van der Waals surface area contributed by atoms with Crippen molar-refractivity contribution in [3.63, 3.8) is 0 Å². The minimum absolute atomic E-state index is 0.847. The number of rotatable bonds is 39. The Kier molecular flexibility index (Phi) is 44.4. The van der Waals surface area contributed by atoms with Crippen molar-refractivity contribution in [2.45, 2.75) is 417 Å². The molecule has 0 bridgehead atoms. The van der Waals surface area contributed by atoms with E-state index in [0.717, 1.165) is 41.5 Å². The third-order valence-electron chi connectivity index (χ3n) is 27.4. The smallest absolute Gasteiger partial charge is 0.217 e. The summed E-state index contributed by atoms with van der Waals surface area (Å²) in [6.45, 7) is -6.48. The summed E-state index contributed by atoms with van der Waals surface area (Å²) in [5, 5.41) is 368. The zero-order valence-corrected chi connectivity index (χ0v) is 81.1. The highest BCUT2D eigenvalue weighted by Crippen LogP contribution is 2.43. The molecule has 0 radical (unpaired) electrons. The van der Waals surface area contributed by atoms with Crippen LogP contribution in [-0.2, 0) is 138 Å². The number of hydrogen-bond donors (Lipinski definition) is 37. The first-order valence-corrected chi connectivity index (χ1v) is 48.0. The maximum atomic E-state index is 13.6. The Morgan fingerprint density at radius 3 is 0.813 bits per heavy atom. The molecule has 12 heterocycles. The van der Waals surface area contributed by atoms with Crippen LogP contribution >= 0.6 is 0 Å². The molecule has 12 saturated heterocycles. The highest BCUT2D eigenvalue weighted by Gasteiger charge is 2.64. The maximum Gasteiger partial charge on any atom is 0.217 e. The second kappa shape index (κ2) is 54.0. The molecule has 60 atom stereocenters. The van der Waals surface area contributed by atoms with Gasteiger partial charge in [-0.25, -0.2) is 0 Å². The largest absolute Gasteiger partial charge is 0.394 e. The van der Waals surface area contributed by atoms with Crippen LogP contribution in [0.3, 0.4) is 0 Å². The van der Waals surface area contributed by atoms with Gasteiger partial charge in [0.05, 0.1) is 78.8 Å². The Morgan fingerprint density at radius 1 is 0.187 bits per heavy atom. The molecule has 12 rings (SSSR count). The second-order valence-corrected chi connectivity index (χ2v) is 38.1. The summed E-state index contributed by atoms with van der Waals surface area (Å²) in [4.78, 5) is 78.2. The number of carbonyl (C=O) groups is 6. The topological polar surface area (TPSA) is 1010 Å². The molecule has 0 aromatic rings. The normalized spacial score (nSPS) is 48.8. The average Bonchev–Trinajstić information content (AvgIpc) is 0.749. The molecule has 866 valence electrons. The standard InChI is InChI=1S/C84H140N6O60/c1-19-43(106)56(119)60(123)79(130-19)150-71-58(121)47(110)29(11-94)135-83(71)146-67-33(15-98)137-77(41(55(67)118)89-24(6)104)143-68-34(16-99)139-84(72(62(68)125)149-78-42(90-25(7)105)54(117)65(31(13-96)138-78)144-80-61(124)57(120)46(109)28(10-93)134-80)147-69-49(112)36(140-81(63(69)126)145-66-32(14-97)136-76(40(53(66)116)88-23(5)103)142-64-30(12-95)131-73(127)37(52(64)115)85-20(2)100)18-129-82-70(148-75-39(87-22(4)102)51(114)45(108)27(9-92)133-75)59(122)48(111)35(141-82)17-128-74-38(86-21(3)101)50(113)44(107)26(8-91)132-74/h19,26-84,91-99,106-127H,8-18H2,1-7H3,(H,85,100)(H,86,101)(H,87,102)(H,88,103)(H,89,104)(H,90,105)/t19-,26+,27+,28+,29+,30+,31+,32+,33+,34+,35+,36+,37+,38+,39+,40+,41+,42+,43+,44+,45+,46-,47-,48+,49+,50+,51+,52+,53+,54+,55+,56+,57-,58-,59-,60-,61+,62-,63-,64+,65+,66+,67+,68+,69-,70-,71+,72-,73+,74+,75-,76-,77-,78-,79-,80-,81-,82-,83-,84+/m0/s1. The van der Waals surface area contributed by atoms with Crippen molar-refractivity contribution in [3.8, 4) is 0 Å². The van der Waals surface area contributed by atoms with Crippen LogP contribution in [0.15, 0.2) is 0 Å². The molecular weight excluding hydrogens is 2050 g/mol. The summed E-state index contributed by atoms with van der Waals surface area (Å²) >= 11 is 0. The van der Waals surface area contributed by atoms with Crippen molar-refractivity contribution >= 4 is 35.4 Å². The summed E-state index contributed by atoms with van der Waals surface area (Å²) in [7, 11) is 0. The van der Waals surface area contributed by atoms with Gasteiger partial charge in [0.15, 0.2) is 75.5 Å². The quantitative estimate of drug-likeness (QED) is 0.0272. The molecule has 0 aromatic carbocycles. The van der Waals surface area contributed by atoms with E-state index in [1.165, 1.54) is 6.92 Å². The summed E-state index contributed by atoms with van der Waals surface area (Å²) in [6, 6.07) is -11.8. The predicted octanol–water partition coefficient (Wildman–Crippen LogP) is -25.3. The first-order chi connectivity index (χ1) is 70.9. The van der Waals surface area contributed by atoms with Gasteiger partial charge in [-0.05, 0) is 6.92 Å². The van der Waals surface area contributed by atoms with Gasteiger partial charge in [0, 0.05) is 41.5 Å². The molecule has 0 unspecified atom stereocenters. The van der Waals surface area contributed by atoms with Crippen LogP contribution in [-0.4, -0.2) is 635 Å². The lowest BCUT2D eigenvalue weighted by molar-refractivity contribution is -0.408. The first-order valence-electron chi connectivity index (χ1n) is 48.0. The van der Waals surface area contributed by atoms with Crippen molar-refractivity contribution in [2.24, 2.45) is 0 Å². The molecule has 12 fully saturated rings. The van der Waals surface area contributed by atoms with Crippen molar-refractivity contribution in [1.29, 1.82) is 0 Å². The Hall–Kier alpha value is -5.34. The van der Waals surface area contributed by atoms with Crippen LogP contribution in [0, 0.1) is 0 Å². The van der Waals surface area contributed by atoms with E-state index in [9.17, 15) is 187 Å². The number of ether oxygens (including phenoxy) is 23. The van der Waals surface area contributed by atoms with Gasteiger partial charge in [0.2, 0.25) is 35.4 Å². The Balaban J connectivity index is 0.951. The number of hydrogen-bond acceptors (Lipinski definition) is 60. The van der Waals surface area contributed by atoms with Gasteiger partial charge >= 0.3 is 0 Å². The first kappa shape index (κ1) is 123. The van der Waals surface area contributed by atoms with Crippen molar-refractivity contribution in [2.75, 3.05) is 72.7 Å². The number of nitrogens with one attached hydrogen (secondary N) is 6. The number of amides is 6. The second-order valence-electron chi connectivity index (χ2n) is 38.1. The van der Waals surface area contributed by atoms with Crippen LogP contribution in [0.2, 0.25) is 0 Å². The van der Waals surface area contributed by atoms with E-state index >= 15 is 0 Å². The monoisotopic (exact) mass is 2190 g/mol. The van der Waals surface area contributed by atoms with E-state index < -0.39 is 476 Å². The molecule has 37 N–H and O–H groups in total. The van der Waals surface area contributed by atoms with Gasteiger partial charge in [0.25, 0.3) is 0 Å². The van der Waals surface area contributed by atoms with Crippen LogP contribution in [0.5, 0.6) is 0 Å². The van der Waals surface area contributed by atoms with Gasteiger partial charge in [0.1, 0.15) is 287 Å². The molecule has 150 heavy (non-hydrogen) atoms. The number of aliphatic hydroxyl groups is 31. The van der Waals surface area contributed by atoms with E-state index in [4.69, 9.17) is 109 Å². The molecule has 12 aliphatic rings. The third-order valence-corrected chi connectivity index (χ3v) is 27.4. The van der Waals surface area contributed by atoms with Crippen LogP contribution in [0.1, 0.15) is 48.5 Å². The lowest BCUT2D eigenvalue weighted by atomic mass is 9.93. The lowest BCUT2D eigenvalue weighted by Crippen LogP contribution is -2.71. The fraction of sp³-hybridized carbons (Fsp3) is 0.929. The van der Waals surface area contributed by atoms with Crippen LogP contribution < -0.4 is 31.9 Å². The van der Waals surface area contributed by atoms with Crippen molar-refractivity contribution < 1.29 is 296 Å². The van der Waals surface area contributed by atoms with Gasteiger partial charge < -0.3 is 299 Å². The Morgan fingerprint density at radius 2 is 0.413 bits per heavy atom. The van der Waals surface area contributed by atoms with Crippen molar-refractivity contribution in [1.82, 2.24) is 31.9 Å². The minimum Gasteiger partial charge on any atom is -0.394 e. The van der Waals surface area contributed by atoms with Crippen LogP contribution in [0.4, 0.5) is 0 Å². The number of carbonyl (C=O) groups excluding carboxylic acids is 6. The summed E-state index contributed by atoms with van der Waals surface area (Å²) < 4.78 is 140. The Labute approximate surface area is 849 Å². The molecule has 0 spiro atoms. The van der Waals surface area contributed by atoms with Crippen molar-refractivity contribution in [3.05, 3.63) is 0 Å². The minimum atomic E-state index is -2.82. The highest BCUT2D eigenvalue weighted by molar-refractivity contribution is 5.75. The summed E-state index contributed by atoms with van der Waals surface area (Å²) in [5.74, 6) is -5.86. The summed E-state index contributed by atoms with van der Waals surface area (Å²) in [6.07, 6.45) is -118. The van der Waals surface area contributed by atoms with E-state index in [-0.39, 0.29) is 0 Å². The van der Waals surface area contributed by atoms with Crippen LogP contribution in [0.25, 0.3) is 0 Å². The van der Waals surface area contributed by atoms with Gasteiger partial charge in [-0.15, -0.1) is 0 Å². The van der Waals surface area contributed by atoms with E-state index in [0.29, 0.717) is 0 Å². The average molecular weight is 2190 g/mol. The van der Waals surface area contributed by atoms with Gasteiger partial charge in [-0.3, -0.25) is 28.8 Å².